The Hall–Kier alpha value is -2.51. The summed E-state index contributed by atoms with van der Waals surface area (Å²) >= 11 is 3.31. The van der Waals surface area contributed by atoms with Gasteiger partial charge in [0.25, 0.3) is 11.8 Å². The topological polar surface area (TPSA) is 78.5 Å². The van der Waals surface area contributed by atoms with Gasteiger partial charge >= 0.3 is 0 Å². The Morgan fingerprint density at radius 1 is 1.04 bits per heavy atom. The third kappa shape index (κ3) is 3.37. The van der Waals surface area contributed by atoms with Gasteiger partial charge < -0.3 is 0 Å². The molecule has 1 atom stereocenters. The molecule has 3 amide bonds. The Kier molecular flexibility index (Phi) is 4.73. The number of halogens is 1. The van der Waals surface area contributed by atoms with Gasteiger partial charge in [0.15, 0.2) is 0 Å². The normalized spacial score (nSPS) is 17.2. The van der Waals surface area contributed by atoms with E-state index in [1.807, 2.05) is 0 Å². The maximum Gasteiger partial charge on any atom is 0.265 e. The summed E-state index contributed by atoms with van der Waals surface area (Å²) in [4.78, 5) is 37.7. The fourth-order valence-electron chi connectivity index (χ4n) is 2.42. The number of imide groups is 1. The molecule has 7 heteroatoms. The quantitative estimate of drug-likeness (QED) is 0.621. The van der Waals surface area contributed by atoms with Crippen LogP contribution in [0.15, 0.2) is 59.1 Å². The minimum absolute atomic E-state index is 0.00995. The number of anilines is 1. The highest BCUT2D eigenvalue weighted by Gasteiger charge is 2.39. The lowest BCUT2D eigenvalue weighted by atomic mass is 10.2. The van der Waals surface area contributed by atoms with E-state index in [4.69, 9.17) is 0 Å². The zero-order valence-electron chi connectivity index (χ0n) is 12.5. The van der Waals surface area contributed by atoms with Gasteiger partial charge in [0, 0.05) is 10.0 Å². The Morgan fingerprint density at radius 2 is 1.71 bits per heavy atom. The highest BCUT2D eigenvalue weighted by Crippen LogP contribution is 2.24. The molecule has 24 heavy (non-hydrogen) atoms. The van der Waals surface area contributed by atoms with E-state index in [0.717, 1.165) is 9.37 Å². The smallest absolute Gasteiger partial charge is 0.265 e. The molecular formula is C17H14BrN3O3. The lowest BCUT2D eigenvalue weighted by Gasteiger charge is -2.16. The number of hydrazine groups is 1. The number of benzene rings is 2. The van der Waals surface area contributed by atoms with Crippen molar-refractivity contribution in [3.63, 3.8) is 0 Å². The molecule has 122 valence electrons. The Balaban J connectivity index is 1.66. The van der Waals surface area contributed by atoms with Gasteiger partial charge in [-0.15, -0.1) is 0 Å². The molecule has 0 unspecified atom stereocenters. The van der Waals surface area contributed by atoms with Crippen LogP contribution < -0.4 is 15.8 Å². The first kappa shape index (κ1) is 16.4. The molecule has 1 aliphatic rings. The molecule has 2 N–H and O–H groups in total. The molecular weight excluding hydrogens is 374 g/mol. The first-order chi connectivity index (χ1) is 11.6. The van der Waals surface area contributed by atoms with Crippen molar-refractivity contribution in [1.29, 1.82) is 0 Å². The van der Waals surface area contributed by atoms with Gasteiger partial charge in [-0.2, -0.15) is 0 Å². The summed E-state index contributed by atoms with van der Waals surface area (Å²) in [6, 6.07) is 14.7. The van der Waals surface area contributed by atoms with Crippen LogP contribution in [0.1, 0.15) is 16.8 Å². The van der Waals surface area contributed by atoms with E-state index < -0.39 is 11.9 Å². The van der Waals surface area contributed by atoms with E-state index in [9.17, 15) is 14.4 Å². The Labute approximate surface area is 146 Å². The summed E-state index contributed by atoms with van der Waals surface area (Å²) < 4.78 is 0.857. The number of nitrogens with zero attached hydrogens (tertiary/aromatic N) is 1. The van der Waals surface area contributed by atoms with Gasteiger partial charge in [0.05, 0.1) is 12.1 Å². The number of hydrogen-bond acceptors (Lipinski definition) is 4. The molecule has 3 rings (SSSR count). The van der Waals surface area contributed by atoms with E-state index in [2.05, 4.69) is 26.8 Å². The maximum absolute atomic E-state index is 12.4. The highest BCUT2D eigenvalue weighted by molar-refractivity contribution is 9.10. The molecule has 1 fully saturated rings. The summed E-state index contributed by atoms with van der Waals surface area (Å²) in [7, 11) is 0. The van der Waals surface area contributed by atoms with E-state index in [1.54, 1.807) is 54.6 Å². The van der Waals surface area contributed by atoms with Crippen molar-refractivity contribution in [2.75, 3.05) is 4.90 Å². The van der Waals surface area contributed by atoms with Gasteiger partial charge in [-0.3, -0.25) is 19.8 Å². The number of carbonyl (C=O) groups excluding carboxylic acids is 3. The van der Waals surface area contributed by atoms with Crippen molar-refractivity contribution in [2.45, 2.75) is 12.5 Å². The fourth-order valence-corrected chi connectivity index (χ4v) is 2.68. The van der Waals surface area contributed by atoms with Crippen LogP contribution in [0.5, 0.6) is 0 Å². The molecule has 0 radical (unpaired) electrons. The average molecular weight is 388 g/mol. The van der Waals surface area contributed by atoms with Crippen LogP contribution in [-0.4, -0.2) is 23.8 Å². The monoisotopic (exact) mass is 387 g/mol. The van der Waals surface area contributed by atoms with Gasteiger partial charge in [0.2, 0.25) is 5.91 Å². The standard InChI is InChI=1S/C17H14BrN3O3/c18-12-6-8-13(9-7-12)21-15(22)10-14(17(21)24)19-20-16(23)11-4-2-1-3-5-11/h1-9,14,19H,10H2,(H,20,23)/t14-/m0/s1. The minimum atomic E-state index is -0.784. The molecule has 2 aromatic carbocycles. The number of hydrogen-bond donors (Lipinski definition) is 2. The van der Waals surface area contributed by atoms with Gasteiger partial charge in [0.1, 0.15) is 6.04 Å². The summed E-state index contributed by atoms with van der Waals surface area (Å²) in [6.07, 6.45) is -0.00995. The van der Waals surface area contributed by atoms with E-state index in [-0.39, 0.29) is 18.2 Å². The second-order valence-electron chi connectivity index (χ2n) is 5.27. The van der Waals surface area contributed by atoms with Crippen LogP contribution in [0, 0.1) is 0 Å². The molecule has 1 aliphatic heterocycles. The minimum Gasteiger partial charge on any atom is -0.287 e. The van der Waals surface area contributed by atoms with Crippen molar-refractivity contribution in [3.8, 4) is 0 Å². The van der Waals surface area contributed by atoms with Crippen molar-refractivity contribution in [1.82, 2.24) is 10.9 Å². The van der Waals surface area contributed by atoms with Crippen molar-refractivity contribution >= 4 is 39.3 Å². The molecule has 2 aromatic rings. The SMILES string of the molecule is O=C(NN[C@H]1CC(=O)N(c2ccc(Br)cc2)C1=O)c1ccccc1. The number of rotatable bonds is 4. The number of amides is 3. The first-order valence-corrected chi connectivity index (χ1v) is 8.09. The Morgan fingerprint density at radius 3 is 2.38 bits per heavy atom. The van der Waals surface area contributed by atoms with Gasteiger partial charge in [-0.1, -0.05) is 34.1 Å². The molecule has 0 aliphatic carbocycles. The maximum atomic E-state index is 12.4. The van der Waals surface area contributed by atoms with Crippen molar-refractivity contribution < 1.29 is 14.4 Å². The van der Waals surface area contributed by atoms with Gasteiger partial charge in [-0.25, -0.2) is 10.3 Å². The predicted molar refractivity (Wildman–Crippen MR) is 92.1 cm³/mol. The summed E-state index contributed by atoms with van der Waals surface area (Å²) in [5, 5.41) is 0. The number of carbonyl (C=O) groups is 3. The van der Waals surface area contributed by atoms with E-state index >= 15 is 0 Å². The molecule has 1 saturated heterocycles. The molecule has 0 bridgehead atoms. The van der Waals surface area contributed by atoms with Crippen LogP contribution in [0.2, 0.25) is 0 Å². The lowest BCUT2D eigenvalue weighted by Crippen LogP contribution is -2.48. The summed E-state index contributed by atoms with van der Waals surface area (Å²) in [5.74, 6) is -1.07. The first-order valence-electron chi connectivity index (χ1n) is 7.29. The zero-order valence-corrected chi connectivity index (χ0v) is 14.1. The van der Waals surface area contributed by atoms with Gasteiger partial charge in [-0.05, 0) is 36.4 Å². The van der Waals surface area contributed by atoms with Crippen molar-refractivity contribution in [3.05, 3.63) is 64.6 Å². The highest BCUT2D eigenvalue weighted by atomic mass is 79.9. The summed E-state index contributed by atoms with van der Waals surface area (Å²) in [6.45, 7) is 0. The second-order valence-corrected chi connectivity index (χ2v) is 6.18. The van der Waals surface area contributed by atoms with Crippen molar-refractivity contribution in [2.24, 2.45) is 0 Å². The van der Waals surface area contributed by atoms with Crippen LogP contribution in [0.25, 0.3) is 0 Å². The van der Waals surface area contributed by atoms with E-state index in [0.29, 0.717) is 11.3 Å². The average Bonchev–Trinajstić information content (AvgIpc) is 2.88. The van der Waals surface area contributed by atoms with Crippen LogP contribution in [0.3, 0.4) is 0 Å². The Bertz CT molecular complexity index is 777. The van der Waals surface area contributed by atoms with Crippen LogP contribution >= 0.6 is 15.9 Å². The van der Waals surface area contributed by atoms with E-state index in [1.165, 1.54) is 0 Å². The third-order valence-corrected chi connectivity index (χ3v) is 4.16. The molecule has 0 spiro atoms. The lowest BCUT2D eigenvalue weighted by molar-refractivity contribution is -0.121. The molecule has 0 aromatic heterocycles. The largest absolute Gasteiger partial charge is 0.287 e. The molecule has 1 heterocycles. The zero-order chi connectivity index (χ0) is 17.1. The summed E-state index contributed by atoms with van der Waals surface area (Å²) in [5.41, 5.74) is 6.10. The molecule has 0 saturated carbocycles. The predicted octanol–water partition coefficient (Wildman–Crippen LogP) is 2.02. The second kappa shape index (κ2) is 6.94. The van der Waals surface area contributed by atoms with Crippen LogP contribution in [0.4, 0.5) is 5.69 Å². The molecule has 6 nitrogen and oxygen atoms in total. The fraction of sp³-hybridized carbons (Fsp3) is 0.118. The van der Waals surface area contributed by atoms with Crippen LogP contribution in [-0.2, 0) is 9.59 Å². The third-order valence-electron chi connectivity index (χ3n) is 3.63. The number of nitrogens with one attached hydrogen (secondary N) is 2.